The quantitative estimate of drug-likeness (QED) is 0.416. The van der Waals surface area contributed by atoms with Crippen LogP contribution in [0.3, 0.4) is 0 Å². The minimum absolute atomic E-state index is 0.791. The number of oxime groups is 1. The van der Waals surface area contributed by atoms with Gasteiger partial charge in [-0.15, -0.1) is 0 Å². The molecule has 2 bridgehead atoms. The van der Waals surface area contributed by atoms with Gasteiger partial charge in [-0.05, 0) is 38.3 Å². The number of fused-ring (bicyclic) bond motifs is 4. The molecule has 62 valence electrons. The first-order valence-corrected chi connectivity index (χ1v) is 4.30. The smallest absolute Gasteiger partial charge is 0.0713 e. The first-order chi connectivity index (χ1) is 5.38. The summed E-state index contributed by atoms with van der Waals surface area (Å²) in [6.45, 7) is 3.29. The Morgan fingerprint density at radius 1 is 1.36 bits per heavy atom. The summed E-state index contributed by atoms with van der Waals surface area (Å²) in [6, 6.07) is 0. The van der Waals surface area contributed by atoms with Gasteiger partial charge in [0.2, 0.25) is 0 Å². The highest BCUT2D eigenvalue weighted by Crippen LogP contribution is 2.24. The van der Waals surface area contributed by atoms with E-state index >= 15 is 0 Å². The summed E-state index contributed by atoms with van der Waals surface area (Å²) in [7, 11) is 0. The van der Waals surface area contributed by atoms with Crippen molar-refractivity contribution in [2.45, 2.75) is 19.3 Å². The molecule has 0 aromatic heterocycles. The van der Waals surface area contributed by atoms with Gasteiger partial charge in [0.15, 0.2) is 0 Å². The molecule has 0 amide bonds. The third-order valence-corrected chi connectivity index (χ3v) is 2.78. The second kappa shape index (κ2) is 2.81. The van der Waals surface area contributed by atoms with E-state index in [1.54, 1.807) is 0 Å². The Balaban J connectivity index is 2.12. The van der Waals surface area contributed by atoms with Crippen LogP contribution in [0.5, 0.6) is 0 Å². The maximum atomic E-state index is 8.64. The first kappa shape index (κ1) is 7.10. The molecule has 0 aliphatic carbocycles. The van der Waals surface area contributed by atoms with Crippen LogP contribution in [0, 0.1) is 5.92 Å². The second-order valence-corrected chi connectivity index (χ2v) is 3.59. The monoisotopic (exact) mass is 154 g/mol. The zero-order valence-electron chi connectivity index (χ0n) is 6.66. The normalized spacial score (nSPS) is 40.9. The van der Waals surface area contributed by atoms with E-state index in [2.05, 4.69) is 10.1 Å². The lowest BCUT2D eigenvalue weighted by Gasteiger charge is -2.25. The predicted octanol–water partition coefficient (Wildman–Crippen LogP) is 0.932. The van der Waals surface area contributed by atoms with Gasteiger partial charge in [0, 0.05) is 6.54 Å². The fourth-order valence-electron chi connectivity index (χ4n) is 2.08. The number of hydrogen-bond acceptors (Lipinski definition) is 3. The van der Waals surface area contributed by atoms with Gasteiger partial charge >= 0.3 is 0 Å². The van der Waals surface area contributed by atoms with Crippen LogP contribution in [0.25, 0.3) is 0 Å². The predicted molar refractivity (Wildman–Crippen MR) is 43.0 cm³/mol. The van der Waals surface area contributed by atoms with Gasteiger partial charge in [0.25, 0.3) is 0 Å². The van der Waals surface area contributed by atoms with E-state index in [1.807, 2.05) is 0 Å². The first-order valence-electron chi connectivity index (χ1n) is 4.30. The Hall–Kier alpha value is -0.570. The van der Waals surface area contributed by atoms with Crippen LogP contribution in [0.4, 0.5) is 0 Å². The third-order valence-electron chi connectivity index (χ3n) is 2.78. The van der Waals surface area contributed by atoms with Gasteiger partial charge < -0.3 is 5.21 Å². The van der Waals surface area contributed by atoms with Crippen molar-refractivity contribution in [2.24, 2.45) is 11.1 Å². The van der Waals surface area contributed by atoms with Gasteiger partial charge in [0.05, 0.1) is 5.71 Å². The molecule has 3 aliphatic heterocycles. The van der Waals surface area contributed by atoms with Gasteiger partial charge in [-0.2, -0.15) is 0 Å². The fourth-order valence-corrected chi connectivity index (χ4v) is 2.08. The van der Waals surface area contributed by atoms with Gasteiger partial charge in [-0.25, -0.2) is 0 Å². The summed E-state index contributed by atoms with van der Waals surface area (Å²) in [5.41, 5.74) is 0.977. The summed E-state index contributed by atoms with van der Waals surface area (Å²) in [5, 5.41) is 12.0. The van der Waals surface area contributed by atoms with Crippen LogP contribution in [0.1, 0.15) is 19.3 Å². The zero-order chi connectivity index (χ0) is 7.68. The molecule has 3 aliphatic rings. The molecule has 3 heterocycles. The van der Waals surface area contributed by atoms with Gasteiger partial charge in [-0.3, -0.25) is 4.90 Å². The molecule has 3 heteroatoms. The minimum atomic E-state index is 0.791. The lowest BCUT2D eigenvalue weighted by Crippen LogP contribution is -2.31. The van der Waals surface area contributed by atoms with Crippen molar-refractivity contribution in [2.75, 3.05) is 19.6 Å². The second-order valence-electron chi connectivity index (χ2n) is 3.59. The fraction of sp³-hybridized carbons (Fsp3) is 0.875. The van der Waals surface area contributed by atoms with Gasteiger partial charge in [0.1, 0.15) is 0 Å². The Morgan fingerprint density at radius 2 is 2.09 bits per heavy atom. The largest absolute Gasteiger partial charge is 0.411 e. The van der Waals surface area contributed by atoms with Crippen LogP contribution >= 0.6 is 0 Å². The lowest BCUT2D eigenvalue weighted by molar-refractivity contribution is 0.228. The summed E-state index contributed by atoms with van der Waals surface area (Å²) >= 11 is 0. The summed E-state index contributed by atoms with van der Waals surface area (Å²) in [5.74, 6) is 0.791. The van der Waals surface area contributed by atoms with Crippen molar-refractivity contribution in [3.05, 3.63) is 0 Å². The number of piperidine rings is 1. The third kappa shape index (κ3) is 1.38. The lowest BCUT2D eigenvalue weighted by atomic mass is 9.95. The van der Waals surface area contributed by atoms with Gasteiger partial charge in [-0.1, -0.05) is 5.16 Å². The Labute approximate surface area is 66.7 Å². The van der Waals surface area contributed by atoms with Crippen LogP contribution in [-0.2, 0) is 0 Å². The zero-order valence-corrected chi connectivity index (χ0v) is 6.66. The molecule has 0 unspecified atom stereocenters. The molecule has 0 radical (unpaired) electrons. The van der Waals surface area contributed by atoms with Crippen LogP contribution in [0.2, 0.25) is 0 Å². The molecule has 0 aromatic rings. The van der Waals surface area contributed by atoms with E-state index in [1.165, 1.54) is 25.9 Å². The minimum Gasteiger partial charge on any atom is -0.411 e. The number of hydrogen-bond donors (Lipinski definition) is 1. The van der Waals surface area contributed by atoms with Crippen molar-refractivity contribution in [1.29, 1.82) is 0 Å². The molecule has 11 heavy (non-hydrogen) atoms. The molecule has 3 rings (SSSR count). The van der Waals surface area contributed by atoms with E-state index in [-0.39, 0.29) is 0 Å². The number of rotatable bonds is 0. The van der Waals surface area contributed by atoms with E-state index in [4.69, 9.17) is 5.21 Å². The van der Waals surface area contributed by atoms with E-state index in [9.17, 15) is 0 Å². The molecule has 0 atom stereocenters. The molecule has 0 saturated carbocycles. The summed E-state index contributed by atoms with van der Waals surface area (Å²) in [6.07, 6.45) is 3.60. The summed E-state index contributed by atoms with van der Waals surface area (Å²) < 4.78 is 0. The summed E-state index contributed by atoms with van der Waals surface area (Å²) in [4.78, 5) is 2.37. The van der Waals surface area contributed by atoms with Crippen LogP contribution in [-0.4, -0.2) is 35.5 Å². The van der Waals surface area contributed by atoms with Crippen LogP contribution in [0.15, 0.2) is 5.16 Å². The SMILES string of the molecule is ON=C1CC2CCN(CC2)C1. The maximum absolute atomic E-state index is 8.64. The van der Waals surface area contributed by atoms with Crippen molar-refractivity contribution in [3.63, 3.8) is 0 Å². The number of nitrogens with zero attached hydrogens (tertiary/aromatic N) is 2. The molecule has 1 N–H and O–H groups in total. The standard InChI is InChI=1S/C8H14N2O/c11-9-8-5-7-1-3-10(6-8)4-2-7/h7,11H,1-6H2. The molecule has 0 spiro atoms. The topological polar surface area (TPSA) is 35.8 Å². The average molecular weight is 154 g/mol. The molecule has 3 nitrogen and oxygen atoms in total. The molecular weight excluding hydrogens is 140 g/mol. The van der Waals surface area contributed by atoms with Crippen LogP contribution < -0.4 is 0 Å². The van der Waals surface area contributed by atoms with Crippen molar-refractivity contribution in [1.82, 2.24) is 4.90 Å². The molecule has 3 saturated heterocycles. The van der Waals surface area contributed by atoms with E-state index < -0.39 is 0 Å². The molecule has 3 fully saturated rings. The van der Waals surface area contributed by atoms with E-state index in [0.29, 0.717) is 0 Å². The highest BCUT2D eigenvalue weighted by Gasteiger charge is 2.26. The Morgan fingerprint density at radius 3 is 2.73 bits per heavy atom. The van der Waals surface area contributed by atoms with E-state index in [0.717, 1.165) is 24.6 Å². The highest BCUT2D eigenvalue weighted by molar-refractivity contribution is 5.86. The van der Waals surface area contributed by atoms with Crippen molar-refractivity contribution in [3.8, 4) is 0 Å². The highest BCUT2D eigenvalue weighted by atomic mass is 16.4. The molecular formula is C8H14N2O. The molecule has 0 aromatic carbocycles. The Kier molecular flexibility index (Phi) is 1.82. The Bertz CT molecular complexity index is 155. The van der Waals surface area contributed by atoms with Crippen molar-refractivity contribution < 1.29 is 5.21 Å². The van der Waals surface area contributed by atoms with Crippen molar-refractivity contribution >= 4 is 5.71 Å². The average Bonchev–Trinajstić information content (AvgIpc) is 2.35. The maximum Gasteiger partial charge on any atom is 0.0713 e.